The van der Waals surface area contributed by atoms with Gasteiger partial charge in [-0.2, -0.15) is 0 Å². The van der Waals surface area contributed by atoms with Crippen molar-refractivity contribution >= 4 is 6.08 Å². The molecule has 0 nitrogen and oxygen atoms in total. The van der Waals surface area contributed by atoms with Gasteiger partial charge >= 0.3 is 0 Å². The number of hydrogen-bond acceptors (Lipinski definition) is 0. The van der Waals surface area contributed by atoms with Gasteiger partial charge in [-0.25, -0.2) is 0 Å². The Kier molecular flexibility index (Phi) is 8.61. The van der Waals surface area contributed by atoms with Crippen LogP contribution in [0.25, 0.3) is 6.08 Å². The van der Waals surface area contributed by atoms with Crippen LogP contribution in [0, 0.1) is 5.92 Å². The van der Waals surface area contributed by atoms with E-state index in [1.165, 1.54) is 33.4 Å². The van der Waals surface area contributed by atoms with E-state index in [2.05, 4.69) is 125 Å². The van der Waals surface area contributed by atoms with E-state index in [0.29, 0.717) is 17.8 Å². The fourth-order valence-electron chi connectivity index (χ4n) is 5.32. The van der Waals surface area contributed by atoms with E-state index >= 15 is 0 Å². The molecule has 0 aliphatic carbocycles. The van der Waals surface area contributed by atoms with Crippen molar-refractivity contribution in [1.29, 1.82) is 0 Å². The third-order valence-electron chi connectivity index (χ3n) is 7.78. The van der Waals surface area contributed by atoms with Crippen LogP contribution >= 0.6 is 0 Å². The molecule has 0 spiro atoms. The minimum atomic E-state index is 0.0237. The molecular weight excluding hydrogens is 396 g/mol. The Morgan fingerprint density at radius 1 is 0.848 bits per heavy atom. The summed E-state index contributed by atoms with van der Waals surface area (Å²) in [6.45, 7) is 32.4. The van der Waals surface area contributed by atoms with Crippen LogP contribution in [0.15, 0.2) is 49.6 Å². The van der Waals surface area contributed by atoms with Crippen molar-refractivity contribution in [2.24, 2.45) is 5.92 Å². The molecule has 0 saturated carbocycles. The summed E-state index contributed by atoms with van der Waals surface area (Å²) in [5, 5.41) is 0. The van der Waals surface area contributed by atoms with Crippen molar-refractivity contribution in [2.75, 3.05) is 0 Å². The van der Waals surface area contributed by atoms with Crippen molar-refractivity contribution in [1.82, 2.24) is 0 Å². The van der Waals surface area contributed by atoms with Crippen LogP contribution in [-0.4, -0.2) is 0 Å². The van der Waals surface area contributed by atoms with E-state index in [0.717, 1.165) is 12.8 Å². The second-order valence-corrected chi connectivity index (χ2v) is 11.8. The van der Waals surface area contributed by atoms with E-state index in [1.54, 1.807) is 5.56 Å². The Labute approximate surface area is 205 Å². The molecule has 2 atom stereocenters. The van der Waals surface area contributed by atoms with Crippen LogP contribution in [0.3, 0.4) is 0 Å². The lowest BCUT2D eigenvalue weighted by Crippen LogP contribution is -2.30. The van der Waals surface area contributed by atoms with Crippen LogP contribution in [0.2, 0.25) is 0 Å². The number of allylic oxidation sites excluding steroid dienone is 1. The van der Waals surface area contributed by atoms with Gasteiger partial charge in [-0.1, -0.05) is 118 Å². The minimum Gasteiger partial charge on any atom is -0.103 e. The topological polar surface area (TPSA) is 0 Å². The summed E-state index contributed by atoms with van der Waals surface area (Å²) in [6.07, 6.45) is 6.16. The predicted octanol–water partition coefficient (Wildman–Crippen LogP) is 9.95. The van der Waals surface area contributed by atoms with E-state index < -0.39 is 0 Å². The maximum absolute atomic E-state index is 4.35. The summed E-state index contributed by atoms with van der Waals surface area (Å²) in [5.41, 5.74) is 10.3. The highest BCUT2D eigenvalue weighted by Crippen LogP contribution is 2.49. The molecule has 0 fully saturated rings. The molecule has 2 unspecified atom stereocenters. The van der Waals surface area contributed by atoms with Gasteiger partial charge in [0, 0.05) is 5.92 Å². The molecule has 0 N–H and O–H groups in total. The molecule has 2 rings (SSSR count). The van der Waals surface area contributed by atoms with E-state index in [9.17, 15) is 0 Å². The standard InChI is InChI=1S/C33H48/c1-13-19-27-26(14-2)30(33(11,12)15-3)31(32(8,9)10)29(23(6)22(4)5)28(27)24(7)25-20-17-16-18-21-25/h13-14,16-18,20-24H,1-2,15,19H2,3-12H3. The molecule has 0 bridgehead atoms. The minimum absolute atomic E-state index is 0.0237. The van der Waals surface area contributed by atoms with Crippen molar-refractivity contribution < 1.29 is 0 Å². The van der Waals surface area contributed by atoms with Crippen LogP contribution in [0.4, 0.5) is 0 Å². The summed E-state index contributed by atoms with van der Waals surface area (Å²) < 4.78 is 0. The molecule has 0 heterocycles. The first-order valence-corrected chi connectivity index (χ1v) is 12.8. The maximum Gasteiger partial charge on any atom is 0.00670 e. The smallest absolute Gasteiger partial charge is 0.00670 e. The third-order valence-corrected chi connectivity index (χ3v) is 7.78. The quantitative estimate of drug-likeness (QED) is 0.337. The van der Waals surface area contributed by atoms with Crippen molar-refractivity contribution in [3.05, 3.63) is 88.5 Å². The largest absolute Gasteiger partial charge is 0.103 e. The molecule has 0 radical (unpaired) electrons. The van der Waals surface area contributed by atoms with Crippen LogP contribution in [0.1, 0.15) is 126 Å². The van der Waals surface area contributed by atoms with Crippen LogP contribution in [0.5, 0.6) is 0 Å². The van der Waals surface area contributed by atoms with E-state index in [1.807, 2.05) is 0 Å². The zero-order valence-corrected chi connectivity index (χ0v) is 23.1. The SMILES string of the molecule is C=CCc1c(C=C)c(C(C)(C)CC)c(C(C)(C)C)c(C(C)C(C)C)c1C(C)c1ccccc1. The first-order valence-electron chi connectivity index (χ1n) is 12.8. The molecule has 0 amide bonds. The third kappa shape index (κ3) is 5.37. The monoisotopic (exact) mass is 444 g/mol. The molecule has 0 aromatic heterocycles. The molecule has 0 aliphatic rings. The van der Waals surface area contributed by atoms with Gasteiger partial charge in [-0.05, 0) is 74.5 Å². The molecule has 0 heteroatoms. The van der Waals surface area contributed by atoms with Crippen molar-refractivity contribution in [3.63, 3.8) is 0 Å². The first kappa shape index (κ1) is 27.2. The number of benzene rings is 2. The fourth-order valence-corrected chi connectivity index (χ4v) is 5.32. The zero-order chi connectivity index (χ0) is 25.1. The second kappa shape index (κ2) is 10.5. The first-order chi connectivity index (χ1) is 15.3. The average Bonchev–Trinajstić information content (AvgIpc) is 2.76. The van der Waals surface area contributed by atoms with Crippen molar-refractivity contribution in [3.8, 4) is 0 Å². The Morgan fingerprint density at radius 3 is 1.85 bits per heavy atom. The lowest BCUT2D eigenvalue weighted by atomic mass is 9.63. The molecular formula is C33H48. The summed E-state index contributed by atoms with van der Waals surface area (Å²) >= 11 is 0. The van der Waals surface area contributed by atoms with Gasteiger partial charge in [-0.3, -0.25) is 0 Å². The van der Waals surface area contributed by atoms with Gasteiger partial charge in [0.25, 0.3) is 0 Å². The van der Waals surface area contributed by atoms with Crippen molar-refractivity contribution in [2.45, 2.75) is 105 Å². The predicted molar refractivity (Wildman–Crippen MR) is 150 cm³/mol. The Hall–Kier alpha value is -2.08. The Bertz CT molecular complexity index is 964. The van der Waals surface area contributed by atoms with E-state index in [-0.39, 0.29) is 10.8 Å². The van der Waals surface area contributed by atoms with Gasteiger partial charge in [0.2, 0.25) is 0 Å². The Balaban J connectivity index is 3.26. The van der Waals surface area contributed by atoms with Gasteiger partial charge in [-0.15, -0.1) is 6.58 Å². The van der Waals surface area contributed by atoms with Crippen LogP contribution in [-0.2, 0) is 17.3 Å². The summed E-state index contributed by atoms with van der Waals surface area (Å²) in [7, 11) is 0. The lowest BCUT2D eigenvalue weighted by molar-refractivity contribution is 0.459. The van der Waals surface area contributed by atoms with Gasteiger partial charge in [0.05, 0.1) is 0 Å². The second-order valence-electron chi connectivity index (χ2n) is 11.8. The van der Waals surface area contributed by atoms with Gasteiger partial charge in [0.1, 0.15) is 0 Å². The summed E-state index contributed by atoms with van der Waals surface area (Å²) in [4.78, 5) is 0. The van der Waals surface area contributed by atoms with Crippen LogP contribution < -0.4 is 0 Å². The highest BCUT2D eigenvalue weighted by atomic mass is 14.4. The molecule has 0 aliphatic heterocycles. The zero-order valence-electron chi connectivity index (χ0n) is 23.1. The maximum atomic E-state index is 4.35. The van der Waals surface area contributed by atoms with Gasteiger partial charge < -0.3 is 0 Å². The summed E-state index contributed by atoms with van der Waals surface area (Å²) in [5.74, 6) is 1.31. The lowest BCUT2D eigenvalue weighted by Gasteiger charge is -2.41. The normalized spacial score (nSPS) is 14.3. The fraction of sp³-hybridized carbons (Fsp3) is 0.515. The molecule has 2 aromatic carbocycles. The average molecular weight is 445 g/mol. The molecule has 0 saturated heterocycles. The highest BCUT2D eigenvalue weighted by molar-refractivity contribution is 5.69. The Morgan fingerprint density at radius 2 is 1.42 bits per heavy atom. The van der Waals surface area contributed by atoms with Gasteiger partial charge in [0.15, 0.2) is 0 Å². The molecule has 180 valence electrons. The van der Waals surface area contributed by atoms with E-state index in [4.69, 9.17) is 0 Å². The molecule has 33 heavy (non-hydrogen) atoms. The number of rotatable bonds is 9. The number of hydrogen-bond donors (Lipinski definition) is 0. The molecule has 2 aromatic rings. The highest BCUT2D eigenvalue weighted by Gasteiger charge is 2.37. The summed E-state index contributed by atoms with van der Waals surface area (Å²) in [6, 6.07) is 11.0.